The molecule has 0 amide bonds. The number of nitrogens with zero attached hydrogens (tertiary/aromatic N) is 1. The predicted octanol–water partition coefficient (Wildman–Crippen LogP) is 1.57. The lowest BCUT2D eigenvalue weighted by molar-refractivity contribution is 0.379. The first-order valence-electron chi connectivity index (χ1n) is 4.60. The Hall–Kier alpha value is -0.380. The van der Waals surface area contributed by atoms with Crippen LogP contribution in [0.1, 0.15) is 12.0 Å². The summed E-state index contributed by atoms with van der Waals surface area (Å²) in [7, 11) is 4.16. The molecule has 0 saturated carbocycles. The summed E-state index contributed by atoms with van der Waals surface area (Å²) in [6.45, 7) is 1.07. The van der Waals surface area contributed by atoms with Crippen LogP contribution in [0.25, 0.3) is 0 Å². The number of hydrogen-bond acceptors (Lipinski definition) is 3. The SMILES string of the molecule is CN(C)CCC(N)Cc1ccsc1. The van der Waals surface area contributed by atoms with Gasteiger partial charge in [-0.1, -0.05) is 0 Å². The van der Waals surface area contributed by atoms with Crippen LogP contribution in [0.4, 0.5) is 0 Å². The summed E-state index contributed by atoms with van der Waals surface area (Å²) in [4.78, 5) is 2.17. The summed E-state index contributed by atoms with van der Waals surface area (Å²) in [5, 5.41) is 4.28. The van der Waals surface area contributed by atoms with Crippen LogP contribution in [0.15, 0.2) is 16.8 Å². The molecule has 0 bridgehead atoms. The Labute approximate surface area is 84.4 Å². The maximum Gasteiger partial charge on any atom is 0.00917 e. The Morgan fingerprint density at radius 1 is 1.54 bits per heavy atom. The Morgan fingerprint density at radius 2 is 2.31 bits per heavy atom. The van der Waals surface area contributed by atoms with Gasteiger partial charge in [0.1, 0.15) is 0 Å². The second-order valence-electron chi connectivity index (χ2n) is 3.69. The molecule has 2 nitrogen and oxygen atoms in total. The molecule has 1 heterocycles. The zero-order valence-electron chi connectivity index (χ0n) is 8.36. The van der Waals surface area contributed by atoms with E-state index in [1.807, 2.05) is 0 Å². The summed E-state index contributed by atoms with van der Waals surface area (Å²) in [6.07, 6.45) is 2.08. The van der Waals surface area contributed by atoms with E-state index in [0.29, 0.717) is 6.04 Å². The maximum atomic E-state index is 5.99. The molecule has 0 aromatic carbocycles. The van der Waals surface area contributed by atoms with Gasteiger partial charge in [-0.3, -0.25) is 0 Å². The molecule has 1 aromatic heterocycles. The summed E-state index contributed by atoms with van der Waals surface area (Å²) in [5.74, 6) is 0. The molecular formula is C10H18N2S. The molecule has 0 aliphatic carbocycles. The third kappa shape index (κ3) is 4.41. The van der Waals surface area contributed by atoms with E-state index >= 15 is 0 Å². The molecule has 3 heteroatoms. The Bertz CT molecular complexity index is 219. The first-order valence-corrected chi connectivity index (χ1v) is 5.54. The summed E-state index contributed by atoms with van der Waals surface area (Å²) in [5.41, 5.74) is 7.36. The van der Waals surface area contributed by atoms with Gasteiger partial charge in [0.2, 0.25) is 0 Å². The molecule has 1 atom stereocenters. The van der Waals surface area contributed by atoms with E-state index in [-0.39, 0.29) is 0 Å². The molecule has 0 saturated heterocycles. The molecule has 2 N–H and O–H groups in total. The maximum absolute atomic E-state index is 5.99. The predicted molar refractivity (Wildman–Crippen MR) is 59.2 cm³/mol. The number of hydrogen-bond donors (Lipinski definition) is 1. The number of nitrogens with two attached hydrogens (primary N) is 1. The zero-order chi connectivity index (χ0) is 9.68. The van der Waals surface area contributed by atoms with Crippen molar-refractivity contribution in [2.75, 3.05) is 20.6 Å². The van der Waals surface area contributed by atoms with Gasteiger partial charge in [0.05, 0.1) is 0 Å². The van der Waals surface area contributed by atoms with Crippen LogP contribution in [0.5, 0.6) is 0 Å². The van der Waals surface area contributed by atoms with E-state index in [9.17, 15) is 0 Å². The lowest BCUT2D eigenvalue weighted by atomic mass is 10.1. The van der Waals surface area contributed by atoms with E-state index < -0.39 is 0 Å². The third-order valence-corrected chi connectivity index (χ3v) is 2.76. The molecule has 1 rings (SSSR count). The topological polar surface area (TPSA) is 29.3 Å². The second-order valence-corrected chi connectivity index (χ2v) is 4.47. The van der Waals surface area contributed by atoms with Crippen LogP contribution in [0.3, 0.4) is 0 Å². The van der Waals surface area contributed by atoms with E-state index in [1.54, 1.807) is 11.3 Å². The first-order chi connectivity index (χ1) is 6.18. The van der Waals surface area contributed by atoms with Crippen LogP contribution in [-0.2, 0) is 6.42 Å². The van der Waals surface area contributed by atoms with Gasteiger partial charge in [-0.25, -0.2) is 0 Å². The molecule has 13 heavy (non-hydrogen) atoms. The van der Waals surface area contributed by atoms with Crippen molar-refractivity contribution in [1.82, 2.24) is 4.90 Å². The van der Waals surface area contributed by atoms with Gasteiger partial charge in [0.15, 0.2) is 0 Å². The van der Waals surface area contributed by atoms with Gasteiger partial charge >= 0.3 is 0 Å². The Kier molecular flexibility index (Phi) is 4.42. The summed E-state index contributed by atoms with van der Waals surface area (Å²) < 4.78 is 0. The van der Waals surface area contributed by atoms with Gasteiger partial charge in [-0.2, -0.15) is 11.3 Å². The third-order valence-electron chi connectivity index (χ3n) is 2.03. The monoisotopic (exact) mass is 198 g/mol. The van der Waals surface area contributed by atoms with Gasteiger partial charge in [0, 0.05) is 6.04 Å². The minimum atomic E-state index is 0.303. The molecule has 0 spiro atoms. The molecule has 74 valence electrons. The Balaban J connectivity index is 2.22. The average molecular weight is 198 g/mol. The molecule has 0 radical (unpaired) electrons. The molecule has 1 unspecified atom stereocenters. The first kappa shape index (κ1) is 10.7. The summed E-state index contributed by atoms with van der Waals surface area (Å²) in [6, 6.07) is 2.46. The fourth-order valence-electron chi connectivity index (χ4n) is 1.24. The van der Waals surface area contributed by atoms with Crippen molar-refractivity contribution in [3.63, 3.8) is 0 Å². The minimum Gasteiger partial charge on any atom is -0.327 e. The van der Waals surface area contributed by atoms with Crippen molar-refractivity contribution in [2.24, 2.45) is 5.73 Å². The smallest absolute Gasteiger partial charge is 0.00917 e. The van der Waals surface area contributed by atoms with Gasteiger partial charge < -0.3 is 10.6 Å². The number of rotatable bonds is 5. The molecular weight excluding hydrogens is 180 g/mol. The lowest BCUT2D eigenvalue weighted by Gasteiger charge is -2.14. The largest absolute Gasteiger partial charge is 0.327 e. The van der Waals surface area contributed by atoms with Crippen molar-refractivity contribution in [1.29, 1.82) is 0 Å². The van der Waals surface area contributed by atoms with Gasteiger partial charge in [-0.15, -0.1) is 0 Å². The standard InChI is InChI=1S/C10H18N2S/c1-12(2)5-3-10(11)7-9-4-6-13-8-9/h4,6,8,10H,3,5,7,11H2,1-2H3. The van der Waals surface area contributed by atoms with Crippen molar-refractivity contribution in [3.8, 4) is 0 Å². The van der Waals surface area contributed by atoms with Crippen molar-refractivity contribution in [3.05, 3.63) is 22.4 Å². The second kappa shape index (κ2) is 5.37. The van der Waals surface area contributed by atoms with Crippen molar-refractivity contribution < 1.29 is 0 Å². The highest BCUT2D eigenvalue weighted by Crippen LogP contribution is 2.09. The van der Waals surface area contributed by atoms with Crippen LogP contribution in [0, 0.1) is 0 Å². The summed E-state index contributed by atoms with van der Waals surface area (Å²) >= 11 is 1.74. The van der Waals surface area contributed by atoms with Gasteiger partial charge in [0.25, 0.3) is 0 Å². The highest BCUT2D eigenvalue weighted by atomic mass is 32.1. The van der Waals surface area contributed by atoms with E-state index in [1.165, 1.54) is 5.56 Å². The molecule has 0 fully saturated rings. The number of thiophene rings is 1. The average Bonchev–Trinajstić information content (AvgIpc) is 2.53. The van der Waals surface area contributed by atoms with Crippen LogP contribution in [0.2, 0.25) is 0 Å². The van der Waals surface area contributed by atoms with E-state index in [4.69, 9.17) is 5.73 Å². The highest BCUT2D eigenvalue weighted by Gasteiger charge is 2.04. The molecule has 0 aliphatic heterocycles. The Morgan fingerprint density at radius 3 is 2.85 bits per heavy atom. The zero-order valence-corrected chi connectivity index (χ0v) is 9.18. The van der Waals surface area contributed by atoms with Crippen molar-refractivity contribution >= 4 is 11.3 Å². The van der Waals surface area contributed by atoms with Crippen molar-refractivity contribution in [2.45, 2.75) is 18.9 Å². The van der Waals surface area contributed by atoms with Gasteiger partial charge in [-0.05, 0) is 55.9 Å². The minimum absolute atomic E-state index is 0.303. The fourth-order valence-corrected chi connectivity index (χ4v) is 1.92. The quantitative estimate of drug-likeness (QED) is 0.778. The highest BCUT2D eigenvalue weighted by molar-refractivity contribution is 7.07. The van der Waals surface area contributed by atoms with Crippen LogP contribution >= 0.6 is 11.3 Å². The molecule has 0 aliphatic rings. The van der Waals surface area contributed by atoms with Crippen LogP contribution < -0.4 is 5.73 Å². The lowest BCUT2D eigenvalue weighted by Crippen LogP contribution is -2.27. The normalized spacial score (nSPS) is 13.5. The van der Waals surface area contributed by atoms with E-state index in [2.05, 4.69) is 35.8 Å². The van der Waals surface area contributed by atoms with E-state index in [0.717, 1.165) is 19.4 Å². The fraction of sp³-hybridized carbons (Fsp3) is 0.600. The van der Waals surface area contributed by atoms with Crippen LogP contribution in [-0.4, -0.2) is 31.6 Å². The molecule has 1 aromatic rings.